The minimum atomic E-state index is -0.405. The Morgan fingerprint density at radius 2 is 1.61 bits per heavy atom. The van der Waals surface area contributed by atoms with Crippen molar-refractivity contribution >= 4 is 34.9 Å². The summed E-state index contributed by atoms with van der Waals surface area (Å²) in [6.45, 7) is 3.79. The molecule has 3 N–H and O–H groups in total. The maximum atomic E-state index is 11.9. The lowest BCUT2D eigenvalue weighted by Gasteiger charge is -2.10. The third-order valence-corrected chi connectivity index (χ3v) is 3.28. The minimum Gasteiger partial charge on any atom is -0.350 e. The first-order chi connectivity index (χ1) is 11.0. The second-order valence-corrected chi connectivity index (χ2v) is 5.67. The van der Waals surface area contributed by atoms with Crippen LogP contribution in [0.15, 0.2) is 48.5 Å². The summed E-state index contributed by atoms with van der Waals surface area (Å²) in [7, 11) is 0. The predicted octanol–water partition coefficient (Wildman–Crippen LogP) is 4.12. The van der Waals surface area contributed by atoms with Crippen molar-refractivity contribution in [2.75, 3.05) is 10.6 Å². The molecule has 0 aliphatic rings. The van der Waals surface area contributed by atoms with Crippen LogP contribution < -0.4 is 16.0 Å². The van der Waals surface area contributed by atoms with Crippen molar-refractivity contribution in [3.05, 3.63) is 59.1 Å². The minimum absolute atomic E-state index is 0.0710. The van der Waals surface area contributed by atoms with Crippen LogP contribution in [0.4, 0.5) is 16.2 Å². The Kier molecular flexibility index (Phi) is 5.60. The molecule has 2 rings (SSSR count). The summed E-state index contributed by atoms with van der Waals surface area (Å²) in [5.41, 5.74) is 1.64. The monoisotopic (exact) mass is 331 g/mol. The molecule has 0 heterocycles. The fourth-order valence-corrected chi connectivity index (χ4v) is 2.08. The molecule has 0 aliphatic heterocycles. The molecule has 0 saturated heterocycles. The van der Waals surface area contributed by atoms with Crippen molar-refractivity contribution in [2.24, 2.45) is 0 Å². The topological polar surface area (TPSA) is 70.2 Å². The van der Waals surface area contributed by atoms with E-state index in [1.165, 1.54) is 0 Å². The molecule has 0 bridgehead atoms. The molecule has 0 aromatic heterocycles. The van der Waals surface area contributed by atoms with Gasteiger partial charge in [0.2, 0.25) is 0 Å². The van der Waals surface area contributed by atoms with Gasteiger partial charge in [-0.05, 0) is 50.2 Å². The predicted molar refractivity (Wildman–Crippen MR) is 93.1 cm³/mol. The Morgan fingerprint density at radius 1 is 0.957 bits per heavy atom. The number of nitrogens with one attached hydrogen (secondary N) is 3. The van der Waals surface area contributed by atoms with Gasteiger partial charge in [0, 0.05) is 17.3 Å². The molecule has 23 heavy (non-hydrogen) atoms. The molecule has 3 amide bonds. The van der Waals surface area contributed by atoms with Gasteiger partial charge in [0.25, 0.3) is 5.91 Å². The number of halogens is 1. The van der Waals surface area contributed by atoms with Gasteiger partial charge in [-0.3, -0.25) is 4.79 Å². The van der Waals surface area contributed by atoms with Crippen molar-refractivity contribution in [3.63, 3.8) is 0 Å². The Hall–Kier alpha value is -2.53. The van der Waals surface area contributed by atoms with E-state index in [0.29, 0.717) is 22.0 Å². The Labute approximate surface area is 140 Å². The van der Waals surface area contributed by atoms with Crippen LogP contribution >= 0.6 is 11.6 Å². The van der Waals surface area contributed by atoms with E-state index in [2.05, 4.69) is 16.0 Å². The summed E-state index contributed by atoms with van der Waals surface area (Å²) < 4.78 is 0. The van der Waals surface area contributed by atoms with Crippen LogP contribution in [0.25, 0.3) is 0 Å². The third-order valence-electron chi connectivity index (χ3n) is 2.95. The van der Waals surface area contributed by atoms with Crippen molar-refractivity contribution in [1.29, 1.82) is 0 Å². The van der Waals surface area contributed by atoms with Gasteiger partial charge >= 0.3 is 6.03 Å². The van der Waals surface area contributed by atoms with E-state index in [4.69, 9.17) is 11.6 Å². The van der Waals surface area contributed by atoms with Crippen LogP contribution in [0.3, 0.4) is 0 Å². The van der Waals surface area contributed by atoms with Gasteiger partial charge in [0.15, 0.2) is 0 Å². The first-order valence-electron chi connectivity index (χ1n) is 7.19. The standard InChI is InChI=1S/C17H18ClN3O2/c1-11(2)19-16(22)12-7-9-13(10-8-12)20-17(23)21-15-6-4-3-5-14(15)18/h3-11H,1-2H3,(H,19,22)(H2,20,21,23). The SMILES string of the molecule is CC(C)NC(=O)c1ccc(NC(=O)Nc2ccccc2Cl)cc1. The fraction of sp³-hybridized carbons (Fsp3) is 0.176. The zero-order valence-corrected chi connectivity index (χ0v) is 13.6. The van der Waals surface area contributed by atoms with Crippen LogP contribution in [-0.2, 0) is 0 Å². The van der Waals surface area contributed by atoms with E-state index in [1.807, 2.05) is 13.8 Å². The van der Waals surface area contributed by atoms with Crippen LogP contribution in [0.2, 0.25) is 5.02 Å². The Morgan fingerprint density at radius 3 is 2.22 bits per heavy atom. The highest BCUT2D eigenvalue weighted by atomic mass is 35.5. The maximum absolute atomic E-state index is 11.9. The van der Waals surface area contributed by atoms with E-state index >= 15 is 0 Å². The average Bonchev–Trinajstić information content (AvgIpc) is 2.49. The lowest BCUT2D eigenvalue weighted by atomic mass is 10.2. The number of anilines is 2. The second kappa shape index (κ2) is 7.65. The third kappa shape index (κ3) is 5.00. The number of urea groups is 1. The summed E-state index contributed by atoms with van der Waals surface area (Å²) >= 11 is 5.98. The summed E-state index contributed by atoms with van der Waals surface area (Å²) in [5, 5.41) is 8.61. The average molecular weight is 332 g/mol. The molecule has 120 valence electrons. The van der Waals surface area contributed by atoms with Gasteiger partial charge < -0.3 is 16.0 Å². The van der Waals surface area contributed by atoms with Crippen molar-refractivity contribution < 1.29 is 9.59 Å². The van der Waals surface area contributed by atoms with Crippen LogP contribution in [0, 0.1) is 0 Å². The summed E-state index contributed by atoms with van der Waals surface area (Å²) in [6, 6.07) is 13.3. The molecule has 0 fully saturated rings. The number of rotatable bonds is 4. The number of carbonyl (C=O) groups is 2. The fourth-order valence-electron chi connectivity index (χ4n) is 1.90. The smallest absolute Gasteiger partial charge is 0.323 e. The summed E-state index contributed by atoms with van der Waals surface area (Å²) in [4.78, 5) is 23.8. The molecule has 2 aromatic carbocycles. The van der Waals surface area contributed by atoms with Crippen LogP contribution in [0.5, 0.6) is 0 Å². The number of hydrogen-bond acceptors (Lipinski definition) is 2. The number of benzene rings is 2. The summed E-state index contributed by atoms with van der Waals surface area (Å²) in [5.74, 6) is -0.146. The molecule has 0 aliphatic carbocycles. The van der Waals surface area contributed by atoms with Gasteiger partial charge in [-0.25, -0.2) is 4.79 Å². The second-order valence-electron chi connectivity index (χ2n) is 5.26. The van der Waals surface area contributed by atoms with Gasteiger partial charge in [-0.15, -0.1) is 0 Å². The molecule has 0 radical (unpaired) electrons. The molecule has 0 atom stereocenters. The van der Waals surface area contributed by atoms with Crippen molar-refractivity contribution in [2.45, 2.75) is 19.9 Å². The van der Waals surface area contributed by atoms with E-state index in [9.17, 15) is 9.59 Å². The first kappa shape index (κ1) is 16.8. The molecule has 0 spiro atoms. The normalized spacial score (nSPS) is 10.3. The summed E-state index contributed by atoms with van der Waals surface area (Å²) in [6.07, 6.45) is 0. The number of para-hydroxylation sites is 1. The van der Waals surface area contributed by atoms with Gasteiger partial charge in [-0.1, -0.05) is 23.7 Å². The van der Waals surface area contributed by atoms with Gasteiger partial charge in [-0.2, -0.15) is 0 Å². The Balaban J connectivity index is 1.97. The number of amides is 3. The van der Waals surface area contributed by atoms with Crippen LogP contribution in [0.1, 0.15) is 24.2 Å². The molecule has 0 unspecified atom stereocenters. The first-order valence-corrected chi connectivity index (χ1v) is 7.57. The molecule has 5 nitrogen and oxygen atoms in total. The maximum Gasteiger partial charge on any atom is 0.323 e. The van der Waals surface area contributed by atoms with Crippen molar-refractivity contribution in [3.8, 4) is 0 Å². The van der Waals surface area contributed by atoms with Gasteiger partial charge in [0.05, 0.1) is 10.7 Å². The molecule has 6 heteroatoms. The number of carbonyl (C=O) groups excluding carboxylic acids is 2. The van der Waals surface area contributed by atoms with Gasteiger partial charge in [0.1, 0.15) is 0 Å². The Bertz CT molecular complexity index is 699. The van der Waals surface area contributed by atoms with Crippen LogP contribution in [-0.4, -0.2) is 18.0 Å². The van der Waals surface area contributed by atoms with E-state index < -0.39 is 6.03 Å². The zero-order chi connectivity index (χ0) is 16.8. The lowest BCUT2D eigenvalue weighted by Crippen LogP contribution is -2.30. The molecule has 2 aromatic rings. The van der Waals surface area contributed by atoms with E-state index in [1.54, 1.807) is 48.5 Å². The highest BCUT2D eigenvalue weighted by molar-refractivity contribution is 6.33. The highest BCUT2D eigenvalue weighted by Crippen LogP contribution is 2.20. The largest absolute Gasteiger partial charge is 0.350 e. The number of hydrogen-bond donors (Lipinski definition) is 3. The van der Waals surface area contributed by atoms with Crippen molar-refractivity contribution in [1.82, 2.24) is 5.32 Å². The quantitative estimate of drug-likeness (QED) is 0.788. The zero-order valence-electron chi connectivity index (χ0n) is 12.9. The molecular formula is C17H18ClN3O2. The van der Waals surface area contributed by atoms with E-state index in [0.717, 1.165) is 0 Å². The lowest BCUT2D eigenvalue weighted by molar-refractivity contribution is 0.0943. The highest BCUT2D eigenvalue weighted by Gasteiger charge is 2.08. The molecular weight excluding hydrogens is 314 g/mol. The van der Waals surface area contributed by atoms with E-state index in [-0.39, 0.29) is 11.9 Å². The molecule has 0 saturated carbocycles.